The van der Waals surface area contributed by atoms with Crippen LogP contribution in [0.5, 0.6) is 0 Å². The van der Waals surface area contributed by atoms with Gasteiger partial charge in [0.05, 0.1) is 0 Å². The summed E-state index contributed by atoms with van der Waals surface area (Å²) in [5.74, 6) is 0.768. The molecule has 3 N–H and O–H groups in total. The second kappa shape index (κ2) is 3.85. The fourth-order valence-electron chi connectivity index (χ4n) is 3.69. The minimum Gasteiger partial charge on any atom is -0.384 e. The zero-order chi connectivity index (χ0) is 14.7. The van der Waals surface area contributed by atoms with Gasteiger partial charge in [-0.05, 0) is 12.1 Å². The molecule has 5 rings (SSSR count). The molecule has 1 spiro atoms. The van der Waals surface area contributed by atoms with E-state index >= 15 is 0 Å². The Morgan fingerprint density at radius 3 is 2.55 bits per heavy atom. The van der Waals surface area contributed by atoms with Gasteiger partial charge < -0.3 is 11.1 Å². The van der Waals surface area contributed by atoms with E-state index in [0.29, 0.717) is 0 Å². The molecule has 22 heavy (non-hydrogen) atoms. The number of rotatable bonds is 0. The Morgan fingerprint density at radius 1 is 0.955 bits per heavy atom. The van der Waals surface area contributed by atoms with Crippen LogP contribution in [0.3, 0.4) is 0 Å². The minimum absolute atomic E-state index is 0.245. The Kier molecular flexibility index (Phi) is 2.06. The molecule has 0 saturated carbocycles. The first-order chi connectivity index (χ1) is 10.8. The van der Waals surface area contributed by atoms with Crippen LogP contribution in [0.4, 0.5) is 5.69 Å². The van der Waals surface area contributed by atoms with Crippen LogP contribution < -0.4 is 21.5 Å². The number of hydrogen-bond donors (Lipinski definition) is 2. The lowest BCUT2D eigenvalue weighted by molar-refractivity contribution is 0.0941. The Hall–Kier alpha value is -2.88. The molecule has 0 bridgehead atoms. The molecule has 3 aliphatic rings. The number of nitrogens with two attached hydrogens (primary N) is 1. The van der Waals surface area contributed by atoms with Gasteiger partial charge >= 0.3 is 0 Å². The van der Waals surface area contributed by atoms with E-state index in [1.807, 2.05) is 5.01 Å². The smallest absolute Gasteiger partial charge is 0.127 e. The van der Waals surface area contributed by atoms with Gasteiger partial charge in [-0.1, -0.05) is 42.5 Å². The minimum atomic E-state index is -0.245. The third kappa shape index (κ3) is 1.32. The van der Waals surface area contributed by atoms with Crippen LogP contribution in [0.1, 0.15) is 5.56 Å². The van der Waals surface area contributed by atoms with Crippen LogP contribution in [0, 0.1) is 0 Å². The zero-order valence-electron chi connectivity index (χ0n) is 12.0. The summed E-state index contributed by atoms with van der Waals surface area (Å²) in [6.07, 6.45) is 6.46. The van der Waals surface area contributed by atoms with E-state index in [9.17, 15) is 0 Å². The normalized spacial score (nSPS) is 23.9. The van der Waals surface area contributed by atoms with Gasteiger partial charge in [-0.2, -0.15) is 0 Å². The molecule has 3 heterocycles. The number of hydrazine groups is 1. The Labute approximate surface area is 128 Å². The molecule has 0 fully saturated rings. The van der Waals surface area contributed by atoms with Gasteiger partial charge in [-0.3, -0.25) is 5.01 Å². The van der Waals surface area contributed by atoms with Crippen molar-refractivity contribution in [2.75, 3.05) is 11.9 Å². The topological polar surface area (TPSA) is 44.5 Å². The highest BCUT2D eigenvalue weighted by atomic mass is 15.7. The monoisotopic (exact) mass is 288 g/mol. The molecule has 0 aromatic heterocycles. The molecule has 108 valence electrons. The van der Waals surface area contributed by atoms with E-state index < -0.39 is 0 Å². The van der Waals surface area contributed by atoms with Crippen molar-refractivity contribution in [3.05, 3.63) is 76.4 Å². The highest BCUT2D eigenvalue weighted by Gasteiger charge is 2.48. The quantitative estimate of drug-likeness (QED) is 0.754. The van der Waals surface area contributed by atoms with E-state index in [1.165, 1.54) is 21.7 Å². The number of para-hydroxylation sites is 1. The van der Waals surface area contributed by atoms with Crippen molar-refractivity contribution in [3.63, 3.8) is 0 Å². The van der Waals surface area contributed by atoms with Crippen molar-refractivity contribution in [1.29, 1.82) is 0 Å². The fraction of sp³-hybridized carbons (Fsp3) is 0.111. The van der Waals surface area contributed by atoms with Gasteiger partial charge in [0.2, 0.25) is 0 Å². The van der Waals surface area contributed by atoms with Crippen LogP contribution in [-0.2, 0) is 5.54 Å². The lowest BCUT2D eigenvalue weighted by Gasteiger charge is -2.39. The lowest BCUT2D eigenvalue weighted by Crippen LogP contribution is -2.50. The molecular weight excluding hydrogens is 272 g/mol. The van der Waals surface area contributed by atoms with Crippen molar-refractivity contribution >= 4 is 18.1 Å². The van der Waals surface area contributed by atoms with Crippen molar-refractivity contribution < 1.29 is 0 Å². The van der Waals surface area contributed by atoms with E-state index in [4.69, 9.17) is 5.73 Å². The summed E-state index contributed by atoms with van der Waals surface area (Å²) >= 11 is 0. The van der Waals surface area contributed by atoms with Gasteiger partial charge in [-0.15, -0.1) is 0 Å². The van der Waals surface area contributed by atoms with Crippen molar-refractivity contribution in [3.8, 4) is 0 Å². The highest BCUT2D eigenvalue weighted by Crippen LogP contribution is 2.46. The van der Waals surface area contributed by atoms with Gasteiger partial charge in [0, 0.05) is 40.6 Å². The maximum atomic E-state index is 6.32. The maximum Gasteiger partial charge on any atom is 0.127 e. The van der Waals surface area contributed by atoms with E-state index in [2.05, 4.69) is 77.3 Å². The summed E-state index contributed by atoms with van der Waals surface area (Å²) in [7, 11) is 0. The average Bonchev–Trinajstić information content (AvgIpc) is 3.06. The van der Waals surface area contributed by atoms with E-state index in [-0.39, 0.29) is 5.54 Å². The van der Waals surface area contributed by atoms with E-state index in [0.717, 1.165) is 12.4 Å². The maximum absolute atomic E-state index is 6.32. The number of benzene rings is 2. The highest BCUT2D eigenvalue weighted by molar-refractivity contribution is 5.64. The molecule has 0 radical (unpaired) electrons. The SMILES string of the molecule is NC1=CC2(CNc3ccccc32)N2C=c3ccccc3=CN12. The Balaban J connectivity index is 1.77. The second-order valence-corrected chi connectivity index (χ2v) is 5.97. The molecule has 4 nitrogen and oxygen atoms in total. The Morgan fingerprint density at radius 2 is 1.68 bits per heavy atom. The van der Waals surface area contributed by atoms with Gasteiger partial charge in [0.1, 0.15) is 11.4 Å². The number of nitrogens with one attached hydrogen (secondary N) is 1. The molecule has 2 aromatic rings. The first-order valence-electron chi connectivity index (χ1n) is 7.47. The number of anilines is 1. The fourth-order valence-corrected chi connectivity index (χ4v) is 3.69. The number of nitrogens with zero attached hydrogens (tertiary/aromatic N) is 2. The van der Waals surface area contributed by atoms with Crippen LogP contribution in [0.2, 0.25) is 0 Å². The van der Waals surface area contributed by atoms with E-state index in [1.54, 1.807) is 0 Å². The van der Waals surface area contributed by atoms with Crippen LogP contribution in [0.25, 0.3) is 12.4 Å². The summed E-state index contributed by atoms with van der Waals surface area (Å²) in [6.45, 7) is 0.816. The standard InChI is InChI=1S/C18H16N4/c19-17-9-18(12-20-16-8-4-3-7-15(16)18)22-11-14-6-2-1-5-13(14)10-21(17)22/h1-11,20H,12,19H2. The van der Waals surface area contributed by atoms with Gasteiger partial charge in [0.25, 0.3) is 0 Å². The summed E-state index contributed by atoms with van der Waals surface area (Å²) in [6, 6.07) is 16.8. The third-order valence-corrected chi connectivity index (χ3v) is 4.75. The number of hydrogen-bond acceptors (Lipinski definition) is 4. The third-order valence-electron chi connectivity index (χ3n) is 4.75. The molecule has 1 unspecified atom stereocenters. The first-order valence-corrected chi connectivity index (χ1v) is 7.47. The molecule has 3 aliphatic heterocycles. The van der Waals surface area contributed by atoms with Crippen molar-refractivity contribution in [2.24, 2.45) is 5.73 Å². The average molecular weight is 288 g/mol. The molecule has 0 aliphatic carbocycles. The van der Waals surface area contributed by atoms with Crippen LogP contribution in [-0.4, -0.2) is 16.6 Å². The predicted octanol–water partition coefficient (Wildman–Crippen LogP) is 0.830. The predicted molar refractivity (Wildman–Crippen MR) is 87.2 cm³/mol. The molecule has 2 aromatic carbocycles. The number of fused-ring (bicyclic) bond motifs is 5. The molecule has 1 atom stereocenters. The summed E-state index contributed by atoms with van der Waals surface area (Å²) in [5.41, 5.74) is 8.53. The van der Waals surface area contributed by atoms with Crippen molar-refractivity contribution in [2.45, 2.75) is 5.54 Å². The molecule has 4 heteroatoms. The zero-order valence-corrected chi connectivity index (χ0v) is 12.0. The molecule has 0 saturated heterocycles. The van der Waals surface area contributed by atoms with Gasteiger partial charge in [-0.25, -0.2) is 5.01 Å². The van der Waals surface area contributed by atoms with Gasteiger partial charge in [0.15, 0.2) is 0 Å². The summed E-state index contributed by atoms with van der Waals surface area (Å²) in [4.78, 5) is 0. The van der Waals surface area contributed by atoms with Crippen LogP contribution >= 0.6 is 0 Å². The summed E-state index contributed by atoms with van der Waals surface area (Å²) in [5, 5.41) is 10.2. The summed E-state index contributed by atoms with van der Waals surface area (Å²) < 4.78 is 0. The first kappa shape index (κ1) is 11.7. The van der Waals surface area contributed by atoms with Crippen LogP contribution in [0.15, 0.2) is 60.4 Å². The molecular formula is C18H16N4. The largest absolute Gasteiger partial charge is 0.384 e. The lowest BCUT2D eigenvalue weighted by atomic mass is 9.92. The molecule has 0 amide bonds. The van der Waals surface area contributed by atoms with Crippen molar-refractivity contribution in [1.82, 2.24) is 10.0 Å². The second-order valence-electron chi connectivity index (χ2n) is 5.97. The Bertz CT molecular complexity index is 930.